The van der Waals surface area contributed by atoms with Crippen LogP contribution in [0.25, 0.3) is 76.8 Å². The Balaban J connectivity index is 1.03. The summed E-state index contributed by atoms with van der Waals surface area (Å²) in [5, 5.41) is 7.51. The number of benzene rings is 10. The van der Waals surface area contributed by atoms with Crippen LogP contribution in [0.4, 0.5) is 31.5 Å². The van der Waals surface area contributed by atoms with Gasteiger partial charge in [-0.3, -0.25) is 0 Å². The third kappa shape index (κ3) is 5.93. The number of rotatable bonds is 6. The van der Waals surface area contributed by atoms with E-state index < -0.39 is 0 Å². The molecule has 0 saturated heterocycles. The summed E-state index contributed by atoms with van der Waals surface area (Å²) in [6.45, 7) is 9.76. The van der Waals surface area contributed by atoms with E-state index in [1.807, 2.05) is 12.1 Å². The summed E-state index contributed by atoms with van der Waals surface area (Å²) in [6.07, 6.45) is 8.88. The standard InChI is InChI=1S/C68H58F2N2/c1-65-33-11-13-35-67(65,3)71(49-23-15-21-47(69)39-49)61-31-25-45(37-59(61)65)57-41-55(43-17-7-5-8-18-43)51-28-30-54-58(42-56(44-19-9-6-10-20-44)52-27-29-53(57)63(51)64(52)54)46-26-32-62-60(38-46)66(2)34-12-14-36-68(66,4)72(62)50-24-16-22-48(70)40-50/h5-10,15-32,37-42H,11-14,33-36H2,1-4H3. The normalized spacial score (nSPS) is 23.4. The van der Waals surface area contributed by atoms with Crippen LogP contribution in [0.3, 0.4) is 0 Å². The molecule has 2 heterocycles. The smallest absolute Gasteiger partial charge is 0.125 e. The Kier molecular flexibility index (Phi) is 9.42. The van der Waals surface area contributed by atoms with Gasteiger partial charge < -0.3 is 9.80 Å². The lowest BCUT2D eigenvalue weighted by Gasteiger charge is -2.50. The average Bonchev–Trinajstić information content (AvgIpc) is 3.75. The van der Waals surface area contributed by atoms with Gasteiger partial charge >= 0.3 is 0 Å². The second kappa shape index (κ2) is 15.6. The van der Waals surface area contributed by atoms with Gasteiger partial charge in [-0.15, -0.1) is 0 Å². The summed E-state index contributed by atoms with van der Waals surface area (Å²) in [6, 6.07) is 65.0. The van der Waals surface area contributed by atoms with Gasteiger partial charge in [0.25, 0.3) is 0 Å². The summed E-state index contributed by atoms with van der Waals surface area (Å²) in [4.78, 5) is 4.93. The molecular formula is C68H58F2N2. The molecule has 4 heteroatoms. The molecule has 0 N–H and O–H groups in total. The van der Waals surface area contributed by atoms with Crippen LogP contribution in [-0.2, 0) is 10.8 Å². The highest BCUT2D eigenvalue weighted by atomic mass is 19.1. The van der Waals surface area contributed by atoms with Gasteiger partial charge in [0.1, 0.15) is 11.6 Å². The molecule has 0 radical (unpaired) electrons. The molecule has 0 bridgehead atoms. The molecule has 2 aliphatic carbocycles. The molecule has 14 rings (SSSR count). The van der Waals surface area contributed by atoms with Crippen LogP contribution in [0, 0.1) is 11.6 Å². The highest BCUT2D eigenvalue weighted by Gasteiger charge is 2.59. The number of hydrogen-bond acceptors (Lipinski definition) is 2. The summed E-state index contributed by atoms with van der Waals surface area (Å²) in [7, 11) is 0. The molecule has 10 aromatic rings. The Morgan fingerprint density at radius 3 is 1.11 bits per heavy atom. The van der Waals surface area contributed by atoms with Crippen LogP contribution in [0.2, 0.25) is 0 Å². The van der Waals surface area contributed by atoms with Gasteiger partial charge in [-0.1, -0.05) is 149 Å². The highest BCUT2D eigenvalue weighted by molar-refractivity contribution is 6.32. The van der Waals surface area contributed by atoms with E-state index in [2.05, 4.69) is 183 Å². The fraction of sp³-hybridized carbons (Fsp3) is 0.235. The number of anilines is 4. The fourth-order valence-corrected chi connectivity index (χ4v) is 15.0. The Labute approximate surface area is 421 Å². The second-order valence-corrected chi connectivity index (χ2v) is 22.5. The first kappa shape index (κ1) is 43.5. The van der Waals surface area contributed by atoms with Crippen LogP contribution in [-0.4, -0.2) is 11.1 Å². The van der Waals surface area contributed by atoms with E-state index in [1.54, 1.807) is 24.3 Å². The van der Waals surface area contributed by atoms with Crippen molar-refractivity contribution in [3.63, 3.8) is 0 Å². The molecule has 2 nitrogen and oxygen atoms in total. The molecule has 354 valence electrons. The Morgan fingerprint density at radius 1 is 0.347 bits per heavy atom. The quantitative estimate of drug-likeness (QED) is 0.153. The first-order chi connectivity index (χ1) is 35.0. The van der Waals surface area contributed by atoms with E-state index in [9.17, 15) is 0 Å². The van der Waals surface area contributed by atoms with Crippen molar-refractivity contribution in [2.45, 2.75) is 101 Å². The first-order valence-corrected chi connectivity index (χ1v) is 26.3. The van der Waals surface area contributed by atoms with E-state index in [0.29, 0.717) is 0 Å². The number of nitrogens with zero attached hydrogens (tertiary/aromatic N) is 2. The molecule has 2 aliphatic heterocycles. The highest BCUT2D eigenvalue weighted by Crippen LogP contribution is 2.63. The molecule has 4 atom stereocenters. The molecule has 0 aromatic heterocycles. The molecule has 72 heavy (non-hydrogen) atoms. The van der Waals surface area contributed by atoms with Gasteiger partial charge in [-0.05, 0) is 200 Å². The number of hydrogen-bond donors (Lipinski definition) is 0. The lowest BCUT2D eigenvalue weighted by molar-refractivity contribution is 0.195. The lowest BCUT2D eigenvalue weighted by Crippen LogP contribution is -2.54. The van der Waals surface area contributed by atoms with E-state index >= 15 is 8.78 Å². The molecule has 10 aromatic carbocycles. The lowest BCUT2D eigenvalue weighted by atomic mass is 9.61. The van der Waals surface area contributed by atoms with Gasteiger partial charge in [0.15, 0.2) is 0 Å². The van der Waals surface area contributed by atoms with Gasteiger partial charge in [-0.25, -0.2) is 8.78 Å². The van der Waals surface area contributed by atoms with Crippen molar-refractivity contribution >= 4 is 55.1 Å². The second-order valence-electron chi connectivity index (χ2n) is 22.5. The Bertz CT molecular complexity index is 3570. The maximum Gasteiger partial charge on any atom is 0.125 e. The van der Waals surface area contributed by atoms with Crippen molar-refractivity contribution in [1.82, 2.24) is 0 Å². The maximum atomic E-state index is 15.1. The Morgan fingerprint density at radius 2 is 0.722 bits per heavy atom. The van der Waals surface area contributed by atoms with E-state index in [0.717, 1.165) is 49.9 Å². The molecule has 4 aliphatic rings. The van der Waals surface area contributed by atoms with Crippen molar-refractivity contribution in [2.75, 3.05) is 9.80 Å². The van der Waals surface area contributed by atoms with Crippen LogP contribution in [0.15, 0.2) is 182 Å². The fourth-order valence-electron chi connectivity index (χ4n) is 15.0. The van der Waals surface area contributed by atoms with E-state index in [1.165, 1.54) is 112 Å². The predicted molar refractivity (Wildman–Crippen MR) is 297 cm³/mol. The molecule has 2 saturated carbocycles. The number of fused-ring (bicyclic) bond motifs is 6. The van der Waals surface area contributed by atoms with Gasteiger partial charge in [-0.2, -0.15) is 0 Å². The minimum atomic E-state index is -0.204. The van der Waals surface area contributed by atoms with Crippen LogP contribution in [0.1, 0.15) is 90.2 Å². The first-order valence-electron chi connectivity index (χ1n) is 26.3. The van der Waals surface area contributed by atoms with Crippen LogP contribution >= 0.6 is 0 Å². The summed E-state index contributed by atoms with van der Waals surface area (Å²) < 4.78 is 30.1. The summed E-state index contributed by atoms with van der Waals surface area (Å²) in [5.41, 5.74) is 15.9. The molecule has 0 spiro atoms. The largest absolute Gasteiger partial charge is 0.334 e. The average molecular weight is 941 g/mol. The third-order valence-electron chi connectivity index (χ3n) is 19.0. The molecule has 2 fully saturated rings. The van der Waals surface area contributed by atoms with Gasteiger partial charge in [0.2, 0.25) is 0 Å². The van der Waals surface area contributed by atoms with Crippen molar-refractivity contribution in [3.05, 3.63) is 205 Å². The summed E-state index contributed by atoms with van der Waals surface area (Å²) >= 11 is 0. The minimum Gasteiger partial charge on any atom is -0.334 e. The van der Waals surface area contributed by atoms with Crippen LogP contribution in [0.5, 0.6) is 0 Å². The monoisotopic (exact) mass is 940 g/mol. The Hall–Kier alpha value is -7.30. The van der Waals surface area contributed by atoms with E-state index in [-0.39, 0.29) is 33.5 Å². The van der Waals surface area contributed by atoms with Gasteiger partial charge in [0, 0.05) is 33.6 Å². The predicted octanol–water partition coefficient (Wildman–Crippen LogP) is 19.0. The van der Waals surface area contributed by atoms with Crippen molar-refractivity contribution in [1.29, 1.82) is 0 Å². The molecule has 0 amide bonds. The van der Waals surface area contributed by atoms with Gasteiger partial charge in [0.05, 0.1) is 11.1 Å². The third-order valence-corrected chi connectivity index (χ3v) is 19.0. The van der Waals surface area contributed by atoms with Crippen molar-refractivity contribution in [3.8, 4) is 44.5 Å². The van der Waals surface area contributed by atoms with E-state index in [4.69, 9.17) is 0 Å². The summed E-state index contributed by atoms with van der Waals surface area (Å²) in [5.74, 6) is -0.408. The molecular weight excluding hydrogens is 883 g/mol. The zero-order chi connectivity index (χ0) is 48.7. The minimum absolute atomic E-state index is 0.134. The SMILES string of the molecule is CC12CCCCC1(C)N(c1cccc(F)c1)c1ccc(-c3cc(-c4ccccc4)c4ccc5c(-c6ccc7c(c6)C6(C)CCCCC6(C)N7c6cccc(F)c6)cc(-c6ccccc6)c6ccc3c4c65)cc12. The van der Waals surface area contributed by atoms with Crippen LogP contribution < -0.4 is 9.80 Å². The number of halogens is 2. The zero-order valence-electron chi connectivity index (χ0n) is 41.6. The topological polar surface area (TPSA) is 6.48 Å². The van der Waals surface area contributed by atoms with Crippen molar-refractivity contribution in [2.24, 2.45) is 0 Å². The molecule has 4 unspecified atom stereocenters. The maximum absolute atomic E-state index is 15.1. The zero-order valence-corrected chi connectivity index (χ0v) is 41.6. The van der Waals surface area contributed by atoms with Crippen molar-refractivity contribution < 1.29 is 8.78 Å².